The van der Waals surface area contributed by atoms with E-state index in [0.29, 0.717) is 15.4 Å². The third-order valence-corrected chi connectivity index (χ3v) is 5.59. The van der Waals surface area contributed by atoms with E-state index in [2.05, 4.69) is 9.97 Å². The summed E-state index contributed by atoms with van der Waals surface area (Å²) in [4.78, 5) is 32.6. The molecule has 0 bridgehead atoms. The fraction of sp³-hybridized carbons (Fsp3) is 0.316. The van der Waals surface area contributed by atoms with Crippen molar-refractivity contribution in [2.75, 3.05) is 0 Å². The Morgan fingerprint density at radius 1 is 1.23 bits per heavy atom. The molecule has 1 N–H and O–H groups in total. The number of benzene rings is 1. The van der Waals surface area contributed by atoms with Crippen LogP contribution in [0, 0.1) is 6.92 Å². The van der Waals surface area contributed by atoms with E-state index in [9.17, 15) is 9.59 Å². The lowest BCUT2D eigenvalue weighted by molar-refractivity contribution is -0.146. The minimum absolute atomic E-state index is 0.172. The van der Waals surface area contributed by atoms with Crippen LogP contribution in [0.3, 0.4) is 0 Å². The van der Waals surface area contributed by atoms with Crippen molar-refractivity contribution in [2.24, 2.45) is 0 Å². The van der Waals surface area contributed by atoms with Gasteiger partial charge in [0.15, 0.2) is 5.16 Å². The Labute approximate surface area is 159 Å². The molecular weight excluding hydrogens is 368 g/mol. The SMILES string of the molecule is Cc1ccc(-c2csc3nc(SC(C)C(=O)OC(C)C)[nH]c(=O)c23)cc1. The summed E-state index contributed by atoms with van der Waals surface area (Å²) in [5.41, 5.74) is 2.84. The molecule has 0 spiro atoms. The molecule has 0 fully saturated rings. The van der Waals surface area contributed by atoms with Crippen LogP contribution in [0.1, 0.15) is 26.3 Å². The Balaban J connectivity index is 1.91. The molecule has 0 aliphatic rings. The summed E-state index contributed by atoms with van der Waals surface area (Å²) < 4.78 is 5.20. The van der Waals surface area contributed by atoms with Gasteiger partial charge in [-0.15, -0.1) is 11.3 Å². The van der Waals surface area contributed by atoms with E-state index in [0.717, 1.165) is 11.1 Å². The molecule has 0 amide bonds. The molecule has 136 valence electrons. The van der Waals surface area contributed by atoms with E-state index >= 15 is 0 Å². The fourth-order valence-corrected chi connectivity index (χ4v) is 4.26. The zero-order valence-corrected chi connectivity index (χ0v) is 16.7. The fourth-order valence-electron chi connectivity index (χ4n) is 2.47. The average Bonchev–Trinajstić information content (AvgIpc) is 2.99. The van der Waals surface area contributed by atoms with Crippen molar-refractivity contribution in [1.82, 2.24) is 9.97 Å². The number of thiophene rings is 1. The van der Waals surface area contributed by atoms with Crippen molar-refractivity contribution in [3.8, 4) is 11.1 Å². The topological polar surface area (TPSA) is 72.0 Å². The number of aryl methyl sites for hydroxylation is 1. The number of rotatable bonds is 5. The maximum Gasteiger partial charge on any atom is 0.319 e. The van der Waals surface area contributed by atoms with Crippen LogP contribution in [0.25, 0.3) is 21.3 Å². The second-order valence-electron chi connectivity index (χ2n) is 6.31. The number of ether oxygens (including phenoxy) is 1. The number of carbonyl (C=O) groups excluding carboxylic acids is 1. The largest absolute Gasteiger partial charge is 0.462 e. The number of thioether (sulfide) groups is 1. The van der Waals surface area contributed by atoms with Gasteiger partial charge in [0.25, 0.3) is 5.56 Å². The van der Waals surface area contributed by atoms with Gasteiger partial charge in [0.2, 0.25) is 0 Å². The Kier molecular flexibility index (Phi) is 5.48. The minimum atomic E-state index is -0.450. The summed E-state index contributed by atoms with van der Waals surface area (Å²) in [6, 6.07) is 8.05. The number of carbonyl (C=O) groups is 1. The molecule has 2 aromatic heterocycles. The van der Waals surface area contributed by atoms with E-state index in [1.165, 1.54) is 28.7 Å². The molecule has 0 radical (unpaired) electrons. The molecule has 7 heteroatoms. The molecule has 3 rings (SSSR count). The molecular formula is C19H20N2O3S2. The van der Waals surface area contributed by atoms with Crippen LogP contribution < -0.4 is 5.56 Å². The molecule has 0 aliphatic carbocycles. The van der Waals surface area contributed by atoms with Crippen LogP contribution in [-0.4, -0.2) is 27.3 Å². The number of nitrogens with zero attached hydrogens (tertiary/aromatic N) is 1. The first-order chi connectivity index (χ1) is 12.3. The first kappa shape index (κ1) is 18.7. The predicted molar refractivity (Wildman–Crippen MR) is 107 cm³/mol. The van der Waals surface area contributed by atoms with Crippen LogP contribution in [-0.2, 0) is 9.53 Å². The van der Waals surface area contributed by atoms with Gasteiger partial charge < -0.3 is 9.72 Å². The average molecular weight is 389 g/mol. The summed E-state index contributed by atoms with van der Waals surface area (Å²) in [7, 11) is 0. The van der Waals surface area contributed by atoms with Gasteiger partial charge in [0.05, 0.1) is 11.5 Å². The molecule has 1 unspecified atom stereocenters. The second-order valence-corrected chi connectivity index (χ2v) is 8.50. The van der Waals surface area contributed by atoms with Crippen molar-refractivity contribution in [2.45, 2.75) is 44.2 Å². The smallest absolute Gasteiger partial charge is 0.319 e. The number of esters is 1. The lowest BCUT2D eigenvalue weighted by Crippen LogP contribution is -2.21. The Bertz CT molecular complexity index is 990. The van der Waals surface area contributed by atoms with Crippen LogP contribution in [0.5, 0.6) is 0 Å². The number of aromatic amines is 1. The number of H-pyrrole nitrogens is 1. The highest BCUT2D eigenvalue weighted by Crippen LogP contribution is 2.32. The zero-order chi connectivity index (χ0) is 18.8. The molecule has 0 aliphatic heterocycles. The Hall–Kier alpha value is -2.12. The number of hydrogen-bond acceptors (Lipinski definition) is 6. The molecule has 1 aromatic carbocycles. The lowest BCUT2D eigenvalue weighted by Gasteiger charge is -2.12. The van der Waals surface area contributed by atoms with Gasteiger partial charge in [-0.2, -0.15) is 0 Å². The third-order valence-electron chi connectivity index (χ3n) is 3.76. The van der Waals surface area contributed by atoms with Gasteiger partial charge in [-0.25, -0.2) is 4.98 Å². The first-order valence-electron chi connectivity index (χ1n) is 8.31. The highest BCUT2D eigenvalue weighted by molar-refractivity contribution is 8.00. The number of fused-ring (bicyclic) bond motifs is 1. The Morgan fingerprint density at radius 2 is 1.92 bits per heavy atom. The predicted octanol–water partition coefficient (Wildman–Crippen LogP) is 4.39. The molecule has 0 saturated carbocycles. The summed E-state index contributed by atoms with van der Waals surface area (Å²) in [6.45, 7) is 7.38. The lowest BCUT2D eigenvalue weighted by atomic mass is 10.1. The van der Waals surface area contributed by atoms with Crippen molar-refractivity contribution in [3.63, 3.8) is 0 Å². The summed E-state index contributed by atoms with van der Waals surface area (Å²) in [5, 5.41) is 2.51. The third kappa shape index (κ3) is 3.99. The maximum absolute atomic E-state index is 12.6. The molecule has 1 atom stereocenters. The number of nitrogens with one attached hydrogen (secondary N) is 1. The van der Waals surface area contributed by atoms with Crippen molar-refractivity contribution in [3.05, 3.63) is 45.6 Å². The Morgan fingerprint density at radius 3 is 2.58 bits per heavy atom. The minimum Gasteiger partial charge on any atom is -0.462 e. The van der Waals surface area contributed by atoms with E-state index in [4.69, 9.17) is 4.74 Å². The van der Waals surface area contributed by atoms with Crippen molar-refractivity contribution in [1.29, 1.82) is 0 Å². The van der Waals surface area contributed by atoms with Crippen LogP contribution in [0.2, 0.25) is 0 Å². The zero-order valence-electron chi connectivity index (χ0n) is 15.0. The molecule has 26 heavy (non-hydrogen) atoms. The summed E-state index contributed by atoms with van der Waals surface area (Å²) in [5.74, 6) is -0.320. The monoisotopic (exact) mass is 388 g/mol. The summed E-state index contributed by atoms with van der Waals surface area (Å²) in [6.07, 6.45) is -0.172. The van der Waals surface area contributed by atoms with Crippen LogP contribution >= 0.6 is 23.1 Å². The van der Waals surface area contributed by atoms with E-state index in [1.807, 2.05) is 36.6 Å². The molecule has 2 heterocycles. The van der Waals surface area contributed by atoms with E-state index in [1.54, 1.807) is 20.8 Å². The van der Waals surface area contributed by atoms with E-state index in [-0.39, 0.29) is 17.6 Å². The second kappa shape index (κ2) is 7.63. The normalized spacial score (nSPS) is 12.5. The van der Waals surface area contributed by atoms with Gasteiger partial charge in [0.1, 0.15) is 10.1 Å². The van der Waals surface area contributed by atoms with E-state index < -0.39 is 5.25 Å². The standard InChI is InChI=1S/C19H20N2O3S2/c1-10(2)24-18(23)12(4)26-19-20-16(22)15-14(9-25-17(15)21-19)13-7-5-11(3)6-8-13/h5-10,12H,1-4H3,(H,20,21,22). The van der Waals surface area contributed by atoms with Gasteiger partial charge in [-0.05, 0) is 33.3 Å². The molecule has 0 saturated heterocycles. The van der Waals surface area contributed by atoms with Gasteiger partial charge >= 0.3 is 5.97 Å². The van der Waals surface area contributed by atoms with Gasteiger partial charge in [-0.1, -0.05) is 41.6 Å². The van der Waals surface area contributed by atoms with Crippen molar-refractivity contribution < 1.29 is 9.53 Å². The van der Waals surface area contributed by atoms with Crippen LogP contribution in [0.4, 0.5) is 0 Å². The first-order valence-corrected chi connectivity index (χ1v) is 10.1. The maximum atomic E-state index is 12.6. The number of hydrogen-bond donors (Lipinski definition) is 1. The van der Waals surface area contributed by atoms with Crippen LogP contribution in [0.15, 0.2) is 39.6 Å². The summed E-state index contributed by atoms with van der Waals surface area (Å²) >= 11 is 2.62. The molecule has 3 aromatic rings. The van der Waals surface area contributed by atoms with Gasteiger partial charge in [-0.3, -0.25) is 9.59 Å². The molecule has 5 nitrogen and oxygen atoms in total. The quantitative estimate of drug-likeness (QED) is 0.399. The highest BCUT2D eigenvalue weighted by atomic mass is 32.2. The number of aromatic nitrogens is 2. The van der Waals surface area contributed by atoms with Gasteiger partial charge in [0, 0.05) is 10.9 Å². The van der Waals surface area contributed by atoms with Crippen molar-refractivity contribution >= 4 is 39.3 Å². The highest BCUT2D eigenvalue weighted by Gasteiger charge is 2.20.